The van der Waals surface area contributed by atoms with E-state index in [0.29, 0.717) is 23.6 Å². The normalized spacial score (nSPS) is 22.4. The third-order valence-electron chi connectivity index (χ3n) is 5.98. The molecule has 0 aromatic heterocycles. The fraction of sp³-hybridized carbons (Fsp3) is 0.500. The molecule has 0 saturated carbocycles. The molecule has 2 fully saturated rings. The molecule has 0 radical (unpaired) electrons. The zero-order chi connectivity index (χ0) is 19.8. The lowest BCUT2D eigenvalue weighted by Crippen LogP contribution is -2.54. The molecule has 0 aliphatic carbocycles. The molecular formula is C20H25ClN4O4. The van der Waals surface area contributed by atoms with E-state index in [4.69, 9.17) is 5.73 Å². The van der Waals surface area contributed by atoms with Crippen molar-refractivity contribution in [1.82, 2.24) is 10.2 Å². The molecule has 3 N–H and O–H groups in total. The van der Waals surface area contributed by atoms with Crippen LogP contribution in [0, 0.1) is 5.92 Å². The number of rotatable bonds is 4. The number of amides is 4. The zero-order valence-corrected chi connectivity index (χ0v) is 16.9. The molecule has 156 valence electrons. The highest BCUT2D eigenvalue weighted by Crippen LogP contribution is 2.32. The first kappa shape index (κ1) is 21.3. The first-order valence-corrected chi connectivity index (χ1v) is 9.80. The molecule has 29 heavy (non-hydrogen) atoms. The van der Waals surface area contributed by atoms with Crippen molar-refractivity contribution in [3.8, 4) is 0 Å². The van der Waals surface area contributed by atoms with Gasteiger partial charge in [0.1, 0.15) is 6.04 Å². The molecule has 1 unspecified atom stereocenters. The van der Waals surface area contributed by atoms with Gasteiger partial charge in [-0.05, 0) is 56.3 Å². The summed E-state index contributed by atoms with van der Waals surface area (Å²) in [5.41, 5.74) is 7.21. The Morgan fingerprint density at radius 3 is 2.34 bits per heavy atom. The van der Waals surface area contributed by atoms with Crippen LogP contribution in [0.3, 0.4) is 0 Å². The maximum absolute atomic E-state index is 12.9. The summed E-state index contributed by atoms with van der Waals surface area (Å²) < 4.78 is 0. The number of nitrogens with zero attached hydrogens (tertiary/aromatic N) is 2. The Morgan fingerprint density at radius 1 is 1.00 bits per heavy atom. The van der Waals surface area contributed by atoms with Crippen LogP contribution in [-0.4, -0.2) is 54.2 Å². The molecule has 3 heterocycles. The number of hydrogen-bond acceptors (Lipinski definition) is 6. The van der Waals surface area contributed by atoms with E-state index < -0.39 is 23.8 Å². The first-order valence-electron chi connectivity index (χ1n) is 9.80. The lowest BCUT2D eigenvalue weighted by Gasteiger charge is -2.33. The van der Waals surface area contributed by atoms with Crippen LogP contribution in [0.1, 0.15) is 52.8 Å². The lowest BCUT2D eigenvalue weighted by molar-refractivity contribution is -0.136. The molecular weight excluding hydrogens is 396 g/mol. The van der Waals surface area contributed by atoms with Crippen molar-refractivity contribution < 1.29 is 19.2 Å². The smallest absolute Gasteiger partial charge is 0.262 e. The van der Waals surface area contributed by atoms with E-state index in [0.717, 1.165) is 42.9 Å². The van der Waals surface area contributed by atoms with Crippen LogP contribution in [0.15, 0.2) is 18.2 Å². The van der Waals surface area contributed by atoms with Gasteiger partial charge in [0.15, 0.2) is 0 Å². The van der Waals surface area contributed by atoms with Crippen LogP contribution in [-0.2, 0) is 9.59 Å². The van der Waals surface area contributed by atoms with Gasteiger partial charge in [0.05, 0.1) is 11.1 Å². The number of imide groups is 2. The summed E-state index contributed by atoms with van der Waals surface area (Å²) in [6, 6.07) is 4.36. The molecule has 1 aromatic rings. The highest BCUT2D eigenvalue weighted by Gasteiger charge is 2.44. The maximum atomic E-state index is 12.9. The minimum Gasteiger partial charge on any atom is -0.371 e. The number of nitrogens with one attached hydrogen (secondary N) is 1. The van der Waals surface area contributed by atoms with E-state index in [1.54, 1.807) is 12.1 Å². The van der Waals surface area contributed by atoms with Crippen LogP contribution in [0.5, 0.6) is 0 Å². The van der Waals surface area contributed by atoms with Crippen LogP contribution in [0.2, 0.25) is 0 Å². The van der Waals surface area contributed by atoms with E-state index in [2.05, 4.69) is 10.2 Å². The average molecular weight is 421 g/mol. The molecule has 4 rings (SSSR count). The van der Waals surface area contributed by atoms with Crippen molar-refractivity contribution in [1.29, 1.82) is 0 Å². The van der Waals surface area contributed by atoms with Gasteiger partial charge in [-0.3, -0.25) is 29.4 Å². The Balaban J connectivity index is 0.00000240. The van der Waals surface area contributed by atoms with E-state index in [-0.39, 0.29) is 31.2 Å². The number of halogens is 1. The van der Waals surface area contributed by atoms with E-state index in [1.165, 1.54) is 0 Å². The van der Waals surface area contributed by atoms with Gasteiger partial charge in [0.25, 0.3) is 11.8 Å². The predicted octanol–water partition coefficient (Wildman–Crippen LogP) is 1.07. The summed E-state index contributed by atoms with van der Waals surface area (Å²) in [6.45, 7) is 2.49. The monoisotopic (exact) mass is 420 g/mol. The fourth-order valence-electron chi connectivity index (χ4n) is 4.37. The highest BCUT2D eigenvalue weighted by molar-refractivity contribution is 6.23. The van der Waals surface area contributed by atoms with Gasteiger partial charge in [-0.25, -0.2) is 0 Å². The van der Waals surface area contributed by atoms with Crippen LogP contribution in [0.25, 0.3) is 0 Å². The van der Waals surface area contributed by atoms with Crippen molar-refractivity contribution in [3.05, 3.63) is 29.3 Å². The Labute approximate surface area is 175 Å². The van der Waals surface area contributed by atoms with Crippen molar-refractivity contribution in [2.24, 2.45) is 11.7 Å². The predicted molar refractivity (Wildman–Crippen MR) is 109 cm³/mol. The minimum atomic E-state index is -0.930. The van der Waals surface area contributed by atoms with Gasteiger partial charge in [0.2, 0.25) is 11.8 Å². The second-order valence-electron chi connectivity index (χ2n) is 7.68. The summed E-state index contributed by atoms with van der Waals surface area (Å²) in [5, 5.41) is 2.21. The number of hydrogen-bond donors (Lipinski definition) is 2. The topological polar surface area (TPSA) is 113 Å². The standard InChI is InChI=1S/C20H24N4O4.ClH/c21-8-5-12-6-9-23(10-7-12)13-1-2-14-15(11-13)20(28)24(19(14)27)16-3-4-17(25)22-18(16)26;/h1-2,11-12,16H,3-10,21H2,(H,22,25,26);1H. The minimum absolute atomic E-state index is 0. The summed E-state index contributed by atoms with van der Waals surface area (Å²) in [6.07, 6.45) is 3.43. The van der Waals surface area contributed by atoms with E-state index in [9.17, 15) is 19.2 Å². The van der Waals surface area contributed by atoms with Gasteiger partial charge in [0, 0.05) is 25.2 Å². The van der Waals surface area contributed by atoms with Gasteiger partial charge in [-0.1, -0.05) is 0 Å². The first-order chi connectivity index (χ1) is 13.5. The molecule has 4 amide bonds. The molecule has 1 aromatic carbocycles. The number of carbonyl (C=O) groups excluding carboxylic acids is 4. The molecule has 0 bridgehead atoms. The summed E-state index contributed by atoms with van der Waals surface area (Å²) >= 11 is 0. The van der Waals surface area contributed by atoms with Crippen molar-refractivity contribution in [2.45, 2.75) is 38.1 Å². The highest BCUT2D eigenvalue weighted by atomic mass is 35.5. The number of fused-ring (bicyclic) bond motifs is 1. The number of piperidine rings is 2. The molecule has 3 aliphatic heterocycles. The molecule has 9 heteroatoms. The third kappa shape index (κ3) is 3.86. The summed E-state index contributed by atoms with van der Waals surface area (Å²) in [7, 11) is 0. The average Bonchev–Trinajstić information content (AvgIpc) is 2.93. The van der Waals surface area contributed by atoms with Crippen LogP contribution < -0.4 is 16.0 Å². The summed E-state index contributed by atoms with van der Waals surface area (Å²) in [5.74, 6) is -1.26. The van der Waals surface area contributed by atoms with Crippen LogP contribution >= 0.6 is 12.4 Å². The molecule has 2 saturated heterocycles. The molecule has 3 aliphatic rings. The van der Waals surface area contributed by atoms with Gasteiger partial charge >= 0.3 is 0 Å². The molecule has 0 spiro atoms. The number of carbonyl (C=O) groups is 4. The second kappa shape index (κ2) is 8.51. The number of benzene rings is 1. The van der Waals surface area contributed by atoms with Crippen molar-refractivity contribution in [2.75, 3.05) is 24.5 Å². The van der Waals surface area contributed by atoms with Crippen molar-refractivity contribution in [3.63, 3.8) is 0 Å². The Kier molecular flexibility index (Phi) is 6.24. The van der Waals surface area contributed by atoms with Crippen molar-refractivity contribution >= 4 is 41.7 Å². The van der Waals surface area contributed by atoms with Gasteiger partial charge in [-0.15, -0.1) is 12.4 Å². The van der Waals surface area contributed by atoms with Crippen LogP contribution in [0.4, 0.5) is 5.69 Å². The quantitative estimate of drug-likeness (QED) is 0.704. The second-order valence-corrected chi connectivity index (χ2v) is 7.68. The third-order valence-corrected chi connectivity index (χ3v) is 5.98. The molecule has 1 atom stereocenters. The SMILES string of the molecule is Cl.NCCC1CCN(c2ccc3c(c2)C(=O)N(C2CCC(=O)NC2=O)C3=O)CC1. The largest absolute Gasteiger partial charge is 0.371 e. The fourth-order valence-corrected chi connectivity index (χ4v) is 4.37. The van der Waals surface area contributed by atoms with Gasteiger partial charge in [-0.2, -0.15) is 0 Å². The number of anilines is 1. The number of nitrogens with two attached hydrogens (primary N) is 1. The Hall–Kier alpha value is -2.45. The zero-order valence-electron chi connectivity index (χ0n) is 16.1. The van der Waals surface area contributed by atoms with Gasteiger partial charge < -0.3 is 10.6 Å². The van der Waals surface area contributed by atoms with E-state index in [1.807, 2.05) is 6.07 Å². The Morgan fingerprint density at radius 2 is 1.69 bits per heavy atom. The lowest BCUT2D eigenvalue weighted by atomic mass is 9.93. The maximum Gasteiger partial charge on any atom is 0.262 e. The van der Waals surface area contributed by atoms with E-state index >= 15 is 0 Å². The molecule has 8 nitrogen and oxygen atoms in total. The summed E-state index contributed by atoms with van der Waals surface area (Å²) in [4.78, 5) is 52.4. The Bertz CT molecular complexity index is 851.